The largest absolute Gasteiger partial charge is 0.441 e. The van der Waals surface area contributed by atoms with Gasteiger partial charge < -0.3 is 9.15 Å². The van der Waals surface area contributed by atoms with Gasteiger partial charge in [0, 0.05) is 32.1 Å². The molecule has 1 aromatic heterocycles. The fraction of sp³-hybridized carbons (Fsp3) is 0.524. The zero-order chi connectivity index (χ0) is 18.1. The fourth-order valence-electron chi connectivity index (χ4n) is 2.81. The lowest BCUT2D eigenvalue weighted by atomic mass is 10.1. The molecule has 1 heterocycles. The van der Waals surface area contributed by atoms with Crippen LogP contribution >= 0.6 is 0 Å². The Hall–Kier alpha value is -1.94. The van der Waals surface area contributed by atoms with Crippen LogP contribution in [-0.4, -0.2) is 24.5 Å². The number of unbranched alkanes of at least 4 members (excludes halogenated alkanes) is 1. The van der Waals surface area contributed by atoms with Gasteiger partial charge in [-0.1, -0.05) is 19.1 Å². The van der Waals surface area contributed by atoms with Gasteiger partial charge in [-0.25, -0.2) is 4.98 Å². The number of Topliss-reactive ketones (excluding diaryl/α,β-unsaturated/α-hetero) is 1. The summed E-state index contributed by atoms with van der Waals surface area (Å²) in [4.78, 5) is 16.5. The van der Waals surface area contributed by atoms with E-state index in [1.165, 1.54) is 5.56 Å². The van der Waals surface area contributed by atoms with E-state index in [1.54, 1.807) is 7.11 Å². The summed E-state index contributed by atoms with van der Waals surface area (Å²) in [5, 5.41) is 0. The second kappa shape index (κ2) is 10.1. The van der Waals surface area contributed by atoms with Crippen LogP contribution in [0.2, 0.25) is 0 Å². The summed E-state index contributed by atoms with van der Waals surface area (Å²) in [5.74, 6) is 1.84. The number of oxazole rings is 1. The Morgan fingerprint density at radius 3 is 2.52 bits per heavy atom. The van der Waals surface area contributed by atoms with Gasteiger partial charge in [0.1, 0.15) is 11.5 Å². The van der Waals surface area contributed by atoms with Gasteiger partial charge in [0.05, 0.1) is 5.69 Å². The Balaban J connectivity index is 1.82. The molecule has 0 bridgehead atoms. The minimum absolute atomic E-state index is 0.327. The smallest absolute Gasteiger partial charge is 0.226 e. The highest BCUT2D eigenvalue weighted by molar-refractivity contribution is 5.78. The van der Waals surface area contributed by atoms with Crippen molar-refractivity contribution in [1.82, 2.24) is 4.98 Å². The van der Waals surface area contributed by atoms with E-state index in [2.05, 4.69) is 36.2 Å². The third-order valence-electron chi connectivity index (χ3n) is 4.43. The van der Waals surface area contributed by atoms with Crippen LogP contribution in [0, 0.1) is 6.92 Å². The summed E-state index contributed by atoms with van der Waals surface area (Å²) in [6.07, 6.45) is 5.75. The molecule has 136 valence electrons. The monoisotopic (exact) mass is 343 g/mol. The number of hydrogen-bond donors (Lipinski definition) is 0. The van der Waals surface area contributed by atoms with Gasteiger partial charge in [-0.3, -0.25) is 4.79 Å². The molecular weight excluding hydrogens is 314 g/mol. The van der Waals surface area contributed by atoms with Gasteiger partial charge in [-0.05, 0) is 56.7 Å². The summed E-state index contributed by atoms with van der Waals surface area (Å²) in [6, 6.07) is 8.32. The fourth-order valence-corrected chi connectivity index (χ4v) is 2.81. The summed E-state index contributed by atoms with van der Waals surface area (Å²) >= 11 is 0. The molecule has 2 rings (SSSR count). The molecule has 4 heteroatoms. The van der Waals surface area contributed by atoms with E-state index in [0.29, 0.717) is 24.5 Å². The van der Waals surface area contributed by atoms with Crippen molar-refractivity contribution in [1.29, 1.82) is 0 Å². The van der Waals surface area contributed by atoms with E-state index in [4.69, 9.17) is 9.15 Å². The van der Waals surface area contributed by atoms with Crippen LogP contribution in [0.15, 0.2) is 28.7 Å². The van der Waals surface area contributed by atoms with Crippen molar-refractivity contribution in [3.05, 3.63) is 41.3 Å². The van der Waals surface area contributed by atoms with Gasteiger partial charge in [-0.15, -0.1) is 0 Å². The van der Waals surface area contributed by atoms with Crippen LogP contribution in [-0.2, 0) is 22.4 Å². The van der Waals surface area contributed by atoms with Crippen molar-refractivity contribution in [3.63, 3.8) is 0 Å². The molecule has 2 aromatic rings. The van der Waals surface area contributed by atoms with E-state index in [-0.39, 0.29) is 0 Å². The molecule has 1 aromatic carbocycles. The number of benzene rings is 1. The Morgan fingerprint density at radius 2 is 1.84 bits per heavy atom. The maximum Gasteiger partial charge on any atom is 0.226 e. The first-order valence-electron chi connectivity index (χ1n) is 9.20. The Bertz CT molecular complexity index is 658. The number of rotatable bonds is 11. The molecule has 0 amide bonds. The molecule has 0 aliphatic carbocycles. The number of carbonyl (C=O) groups excluding carboxylic acids is 1. The first-order chi connectivity index (χ1) is 12.1. The van der Waals surface area contributed by atoms with Crippen molar-refractivity contribution in [2.75, 3.05) is 13.7 Å². The minimum atomic E-state index is 0.327. The third kappa shape index (κ3) is 6.13. The number of ketones is 1. The molecule has 0 saturated heterocycles. The first kappa shape index (κ1) is 19.4. The van der Waals surface area contributed by atoms with Crippen LogP contribution < -0.4 is 0 Å². The Labute approximate surface area is 150 Å². The molecule has 0 fully saturated rings. The van der Waals surface area contributed by atoms with Gasteiger partial charge >= 0.3 is 0 Å². The molecule has 0 aliphatic rings. The lowest BCUT2D eigenvalue weighted by molar-refractivity contribution is -0.119. The van der Waals surface area contributed by atoms with Gasteiger partial charge in [-0.2, -0.15) is 0 Å². The normalized spacial score (nSPS) is 11.0. The number of nitrogens with zero attached hydrogens (tertiary/aromatic N) is 1. The Morgan fingerprint density at radius 1 is 1.12 bits per heavy atom. The molecule has 0 unspecified atom stereocenters. The van der Waals surface area contributed by atoms with Gasteiger partial charge in [0.25, 0.3) is 0 Å². The molecule has 0 N–H and O–H groups in total. The zero-order valence-electron chi connectivity index (χ0n) is 15.6. The van der Waals surface area contributed by atoms with Crippen molar-refractivity contribution in [2.24, 2.45) is 0 Å². The lowest BCUT2D eigenvalue weighted by Crippen LogP contribution is -2.00. The molecular formula is C21H29NO3. The molecule has 4 nitrogen and oxygen atoms in total. The number of hydrogen-bond acceptors (Lipinski definition) is 4. The summed E-state index contributed by atoms with van der Waals surface area (Å²) in [5.41, 5.74) is 3.26. The van der Waals surface area contributed by atoms with Crippen molar-refractivity contribution >= 4 is 5.78 Å². The van der Waals surface area contributed by atoms with Gasteiger partial charge in [0.15, 0.2) is 0 Å². The highest BCUT2D eigenvalue weighted by Gasteiger charge is 2.12. The van der Waals surface area contributed by atoms with Crippen LogP contribution in [0.4, 0.5) is 0 Å². The minimum Gasteiger partial charge on any atom is -0.441 e. The first-order valence-corrected chi connectivity index (χ1v) is 9.20. The van der Waals surface area contributed by atoms with E-state index in [1.807, 2.05) is 6.92 Å². The predicted molar refractivity (Wildman–Crippen MR) is 99.7 cm³/mol. The average Bonchev–Trinajstić information content (AvgIpc) is 3.00. The van der Waals surface area contributed by atoms with E-state index >= 15 is 0 Å². The van der Waals surface area contributed by atoms with Crippen LogP contribution in [0.1, 0.15) is 56.0 Å². The summed E-state index contributed by atoms with van der Waals surface area (Å²) < 4.78 is 10.8. The van der Waals surface area contributed by atoms with Crippen LogP contribution in [0.25, 0.3) is 11.5 Å². The number of carbonyl (C=O) groups is 1. The highest BCUT2D eigenvalue weighted by Crippen LogP contribution is 2.23. The Kier molecular flexibility index (Phi) is 7.86. The number of ether oxygens (including phenoxy) is 1. The van der Waals surface area contributed by atoms with E-state index in [0.717, 1.165) is 55.7 Å². The van der Waals surface area contributed by atoms with Crippen LogP contribution in [0.5, 0.6) is 0 Å². The van der Waals surface area contributed by atoms with Crippen molar-refractivity contribution in [3.8, 4) is 11.5 Å². The maximum atomic E-state index is 11.9. The topological polar surface area (TPSA) is 52.3 Å². The quantitative estimate of drug-likeness (QED) is 0.543. The molecule has 0 aliphatic heterocycles. The maximum absolute atomic E-state index is 11.9. The summed E-state index contributed by atoms with van der Waals surface area (Å²) in [6.45, 7) is 4.81. The second-order valence-corrected chi connectivity index (χ2v) is 6.41. The number of aryl methyl sites for hydroxylation is 3. The van der Waals surface area contributed by atoms with Crippen molar-refractivity contribution in [2.45, 2.75) is 58.8 Å². The van der Waals surface area contributed by atoms with Crippen LogP contribution in [0.3, 0.4) is 0 Å². The predicted octanol–water partition coefficient (Wildman–Crippen LogP) is 4.92. The number of aromatic nitrogens is 1. The van der Waals surface area contributed by atoms with Gasteiger partial charge in [0.2, 0.25) is 5.89 Å². The molecule has 0 atom stereocenters. The summed E-state index contributed by atoms with van der Waals surface area (Å²) in [7, 11) is 1.69. The zero-order valence-corrected chi connectivity index (χ0v) is 15.6. The molecule has 25 heavy (non-hydrogen) atoms. The van der Waals surface area contributed by atoms with Crippen molar-refractivity contribution < 1.29 is 13.9 Å². The average molecular weight is 343 g/mol. The lowest BCUT2D eigenvalue weighted by Gasteiger charge is -2.01. The standard InChI is InChI=1S/C21H29NO3/c1-4-17-11-13-18(14-12-17)21-22-20(16(2)25-21)10-7-9-19(23)8-5-6-15-24-3/h11-14H,4-10,15H2,1-3H3. The third-order valence-corrected chi connectivity index (χ3v) is 4.43. The molecule has 0 radical (unpaired) electrons. The van der Waals surface area contributed by atoms with E-state index in [9.17, 15) is 4.79 Å². The second-order valence-electron chi connectivity index (χ2n) is 6.41. The SMILES string of the molecule is CCc1ccc(-c2nc(CCCC(=O)CCCCOC)c(C)o2)cc1. The van der Waals surface area contributed by atoms with E-state index < -0.39 is 0 Å². The number of methoxy groups -OCH3 is 1. The molecule has 0 saturated carbocycles. The highest BCUT2D eigenvalue weighted by atomic mass is 16.5. The molecule has 0 spiro atoms.